The Balaban J connectivity index is 2.27. The van der Waals surface area contributed by atoms with Crippen LogP contribution in [0.1, 0.15) is 23.7 Å². The summed E-state index contributed by atoms with van der Waals surface area (Å²) in [5.41, 5.74) is 1.33. The lowest BCUT2D eigenvalue weighted by Crippen LogP contribution is -2.22. The highest BCUT2D eigenvalue weighted by molar-refractivity contribution is 6.32. The second-order valence-corrected chi connectivity index (χ2v) is 5.42. The first-order valence-electron chi connectivity index (χ1n) is 6.95. The molecule has 1 aliphatic rings. The van der Waals surface area contributed by atoms with Crippen LogP contribution in [0, 0.1) is 10.1 Å². The molecule has 0 N–H and O–H groups in total. The maximum absolute atomic E-state index is 11.6. The molecule has 6 heteroatoms. The number of fused-ring (bicyclic) bond motifs is 1. The third kappa shape index (κ3) is 2.71. The molecule has 0 aliphatic carbocycles. The van der Waals surface area contributed by atoms with Crippen molar-refractivity contribution in [3.05, 3.63) is 80.5 Å². The van der Waals surface area contributed by atoms with Crippen molar-refractivity contribution in [2.24, 2.45) is 0 Å². The highest BCUT2D eigenvalue weighted by Gasteiger charge is 2.38. The predicted octanol–water partition coefficient (Wildman–Crippen LogP) is 4.05. The number of hydrogen-bond donors (Lipinski definition) is 0. The van der Waals surface area contributed by atoms with Gasteiger partial charge in [-0.15, -0.1) is 0 Å². The minimum absolute atomic E-state index is 0.0731. The van der Waals surface area contributed by atoms with E-state index in [1.54, 1.807) is 42.5 Å². The van der Waals surface area contributed by atoms with E-state index in [0.29, 0.717) is 33.8 Å². The van der Waals surface area contributed by atoms with E-state index in [1.807, 2.05) is 6.07 Å². The van der Waals surface area contributed by atoms with E-state index in [2.05, 4.69) is 0 Å². The monoisotopic (exact) mass is 329 g/mol. The Morgan fingerprint density at radius 2 is 1.91 bits per heavy atom. The molecule has 1 heterocycles. The molecule has 5 nitrogen and oxygen atoms in total. The molecule has 116 valence electrons. The van der Waals surface area contributed by atoms with Crippen molar-refractivity contribution in [1.82, 2.24) is 0 Å². The van der Waals surface area contributed by atoms with Crippen LogP contribution in [0.15, 0.2) is 54.2 Å². The number of hydrogen-bond acceptors (Lipinski definition) is 4. The van der Waals surface area contributed by atoms with Gasteiger partial charge in [-0.3, -0.25) is 10.1 Å². The molecule has 0 bridgehead atoms. The number of halogens is 1. The SMILES string of the molecule is O=CCC1=C([N+](=O)[O-])[C@H](c2ccccc2)Oc2c(Cl)cccc21. The van der Waals surface area contributed by atoms with Crippen LogP contribution in [0.2, 0.25) is 5.02 Å². The zero-order chi connectivity index (χ0) is 16.4. The average Bonchev–Trinajstić information content (AvgIpc) is 2.56. The van der Waals surface area contributed by atoms with Gasteiger partial charge >= 0.3 is 0 Å². The van der Waals surface area contributed by atoms with Crippen molar-refractivity contribution >= 4 is 23.5 Å². The lowest BCUT2D eigenvalue weighted by atomic mass is 9.92. The van der Waals surface area contributed by atoms with Gasteiger partial charge in [0.25, 0.3) is 5.70 Å². The Morgan fingerprint density at radius 1 is 1.17 bits per heavy atom. The smallest absolute Gasteiger partial charge is 0.295 e. The largest absolute Gasteiger partial charge is 0.472 e. The number of rotatable bonds is 4. The number of carbonyl (C=O) groups excluding carboxylic acids is 1. The van der Waals surface area contributed by atoms with Gasteiger partial charge in [-0.05, 0) is 6.07 Å². The van der Waals surface area contributed by atoms with E-state index in [4.69, 9.17) is 16.3 Å². The number of ether oxygens (including phenoxy) is 1. The molecule has 0 unspecified atom stereocenters. The molecule has 0 saturated carbocycles. The Bertz CT molecular complexity index is 801. The lowest BCUT2D eigenvalue weighted by Gasteiger charge is -2.26. The highest BCUT2D eigenvalue weighted by Crippen LogP contribution is 2.46. The number of nitrogens with zero attached hydrogens (tertiary/aromatic N) is 1. The Morgan fingerprint density at radius 3 is 2.57 bits per heavy atom. The summed E-state index contributed by atoms with van der Waals surface area (Å²) in [6, 6.07) is 13.9. The summed E-state index contributed by atoms with van der Waals surface area (Å²) < 4.78 is 5.85. The van der Waals surface area contributed by atoms with Crippen LogP contribution in [0.3, 0.4) is 0 Å². The van der Waals surface area contributed by atoms with Gasteiger partial charge in [0.2, 0.25) is 6.10 Å². The van der Waals surface area contributed by atoms with Crippen LogP contribution in [0.4, 0.5) is 0 Å². The Kier molecular flexibility index (Phi) is 4.12. The zero-order valence-corrected chi connectivity index (χ0v) is 12.7. The summed E-state index contributed by atoms with van der Waals surface area (Å²) in [5.74, 6) is 0.366. The van der Waals surface area contributed by atoms with Crippen LogP contribution in [-0.2, 0) is 4.79 Å². The van der Waals surface area contributed by atoms with E-state index in [-0.39, 0.29) is 12.1 Å². The summed E-state index contributed by atoms with van der Waals surface area (Å²) in [7, 11) is 0. The van der Waals surface area contributed by atoms with Crippen molar-refractivity contribution < 1.29 is 14.5 Å². The standard InChI is InChI=1S/C17H12ClNO4/c18-14-8-4-7-13-12(9-10-20)15(19(21)22)16(23-17(13)14)11-5-2-1-3-6-11/h1-8,10,16H,9H2/t16-/m0/s1. The summed E-state index contributed by atoms with van der Waals surface area (Å²) in [5, 5.41) is 12.0. The molecule has 0 spiro atoms. The van der Waals surface area contributed by atoms with Gasteiger partial charge in [0.1, 0.15) is 12.0 Å². The van der Waals surface area contributed by atoms with Crippen molar-refractivity contribution in [3.63, 3.8) is 0 Å². The van der Waals surface area contributed by atoms with E-state index in [9.17, 15) is 14.9 Å². The number of carbonyl (C=O) groups is 1. The molecule has 3 rings (SSSR count). The number of nitro groups is 1. The van der Waals surface area contributed by atoms with Crippen molar-refractivity contribution in [3.8, 4) is 5.75 Å². The minimum atomic E-state index is -0.909. The highest BCUT2D eigenvalue weighted by atomic mass is 35.5. The average molecular weight is 330 g/mol. The molecule has 23 heavy (non-hydrogen) atoms. The van der Waals surface area contributed by atoms with Crippen LogP contribution in [-0.4, -0.2) is 11.2 Å². The van der Waals surface area contributed by atoms with Crippen molar-refractivity contribution in [2.45, 2.75) is 12.5 Å². The van der Waals surface area contributed by atoms with Gasteiger partial charge in [-0.25, -0.2) is 0 Å². The third-order valence-electron chi connectivity index (χ3n) is 3.67. The van der Waals surface area contributed by atoms with Gasteiger partial charge in [-0.1, -0.05) is 54.1 Å². The topological polar surface area (TPSA) is 69.4 Å². The first-order valence-corrected chi connectivity index (χ1v) is 7.33. The third-order valence-corrected chi connectivity index (χ3v) is 3.97. The first-order chi connectivity index (χ1) is 11.1. The summed E-state index contributed by atoms with van der Waals surface area (Å²) in [6.45, 7) is 0. The van der Waals surface area contributed by atoms with Crippen LogP contribution >= 0.6 is 11.6 Å². The number of allylic oxidation sites excluding steroid dienone is 1. The van der Waals surface area contributed by atoms with E-state index < -0.39 is 11.0 Å². The molecule has 1 atom stereocenters. The van der Waals surface area contributed by atoms with Gasteiger partial charge < -0.3 is 9.53 Å². The van der Waals surface area contributed by atoms with Crippen LogP contribution in [0.25, 0.3) is 5.57 Å². The van der Waals surface area contributed by atoms with E-state index >= 15 is 0 Å². The molecule has 0 fully saturated rings. The van der Waals surface area contributed by atoms with Gasteiger partial charge in [0.15, 0.2) is 0 Å². The molecule has 1 aliphatic heterocycles. The molecule has 0 amide bonds. The maximum atomic E-state index is 11.6. The number of para-hydroxylation sites is 1. The second kappa shape index (κ2) is 6.22. The van der Waals surface area contributed by atoms with Crippen molar-refractivity contribution in [1.29, 1.82) is 0 Å². The lowest BCUT2D eigenvalue weighted by molar-refractivity contribution is -0.435. The van der Waals surface area contributed by atoms with Gasteiger partial charge in [0, 0.05) is 23.1 Å². The molecule has 0 saturated heterocycles. The number of aldehydes is 1. The van der Waals surface area contributed by atoms with Gasteiger partial charge in [0.05, 0.1) is 9.95 Å². The van der Waals surface area contributed by atoms with Crippen molar-refractivity contribution in [2.75, 3.05) is 0 Å². The fraction of sp³-hybridized carbons (Fsp3) is 0.118. The Labute approximate surface area is 137 Å². The fourth-order valence-electron chi connectivity index (χ4n) is 2.69. The fourth-order valence-corrected chi connectivity index (χ4v) is 2.91. The van der Waals surface area contributed by atoms with Crippen LogP contribution in [0.5, 0.6) is 5.75 Å². The summed E-state index contributed by atoms with van der Waals surface area (Å²) >= 11 is 6.18. The predicted molar refractivity (Wildman–Crippen MR) is 85.9 cm³/mol. The normalized spacial score (nSPS) is 16.5. The first kappa shape index (κ1) is 15.2. The zero-order valence-electron chi connectivity index (χ0n) is 11.9. The molecule has 2 aromatic rings. The molecule has 0 radical (unpaired) electrons. The number of benzene rings is 2. The molecule has 2 aromatic carbocycles. The molecule has 0 aromatic heterocycles. The second-order valence-electron chi connectivity index (χ2n) is 5.02. The Hall–Kier alpha value is -2.66. The maximum Gasteiger partial charge on any atom is 0.295 e. The molecular weight excluding hydrogens is 318 g/mol. The minimum Gasteiger partial charge on any atom is -0.472 e. The van der Waals surface area contributed by atoms with Gasteiger partial charge in [-0.2, -0.15) is 0 Å². The van der Waals surface area contributed by atoms with Crippen LogP contribution < -0.4 is 4.74 Å². The van der Waals surface area contributed by atoms with E-state index in [1.165, 1.54) is 0 Å². The quantitative estimate of drug-likeness (QED) is 0.482. The summed E-state index contributed by atoms with van der Waals surface area (Å²) in [4.78, 5) is 22.2. The molecular formula is C17H12ClNO4. The summed E-state index contributed by atoms with van der Waals surface area (Å²) in [6.07, 6.45) is -0.332. The van der Waals surface area contributed by atoms with E-state index in [0.717, 1.165) is 0 Å².